The van der Waals surface area contributed by atoms with Gasteiger partial charge >= 0.3 is 0 Å². The third kappa shape index (κ3) is 7.82. The molecule has 2 aromatic rings. The molecule has 0 spiro atoms. The number of hydrogen-bond acceptors (Lipinski definition) is 4. The molecule has 0 aliphatic rings. The lowest BCUT2D eigenvalue weighted by Crippen LogP contribution is -2.26. The maximum absolute atomic E-state index is 11.6. The highest BCUT2D eigenvalue weighted by Gasteiger charge is 2.01. The molecule has 4 nitrogen and oxygen atoms in total. The summed E-state index contributed by atoms with van der Waals surface area (Å²) in [6.07, 6.45) is 0.489. The quantitative estimate of drug-likeness (QED) is 0.488. The van der Waals surface area contributed by atoms with Crippen molar-refractivity contribution in [3.05, 3.63) is 59.1 Å². The lowest BCUT2D eigenvalue weighted by atomic mass is 10.2. The summed E-state index contributed by atoms with van der Waals surface area (Å²) >= 11 is 7.60. The van der Waals surface area contributed by atoms with Crippen LogP contribution in [-0.4, -0.2) is 31.9 Å². The summed E-state index contributed by atoms with van der Waals surface area (Å²) in [6.45, 7) is 1.86. The number of carbonyl (C=O) groups is 1. The minimum absolute atomic E-state index is 0.0499. The van der Waals surface area contributed by atoms with Gasteiger partial charge in [-0.15, -0.1) is 11.8 Å². The van der Waals surface area contributed by atoms with Gasteiger partial charge in [0.1, 0.15) is 5.75 Å². The van der Waals surface area contributed by atoms with E-state index in [1.807, 2.05) is 55.6 Å². The molecule has 0 unspecified atom stereocenters. The summed E-state index contributed by atoms with van der Waals surface area (Å²) in [5.41, 5.74) is 1.06. The normalized spacial score (nSPS) is 10.5. The number of halogens is 1. The zero-order valence-electron chi connectivity index (χ0n) is 14.3. The van der Waals surface area contributed by atoms with Crippen LogP contribution in [0.1, 0.15) is 12.0 Å². The first-order valence-corrected chi connectivity index (χ1v) is 9.55. The van der Waals surface area contributed by atoms with E-state index in [0.717, 1.165) is 22.1 Å². The van der Waals surface area contributed by atoms with E-state index in [4.69, 9.17) is 16.3 Å². The summed E-state index contributed by atoms with van der Waals surface area (Å²) in [5, 5.41) is 6.60. The molecule has 0 fully saturated rings. The average molecular weight is 379 g/mol. The highest BCUT2D eigenvalue weighted by atomic mass is 35.5. The summed E-state index contributed by atoms with van der Waals surface area (Å²) < 4.78 is 5.74. The molecule has 0 aliphatic carbocycles. The monoisotopic (exact) mass is 378 g/mol. The van der Waals surface area contributed by atoms with Crippen molar-refractivity contribution in [2.24, 2.45) is 0 Å². The van der Waals surface area contributed by atoms with Crippen LogP contribution in [-0.2, 0) is 11.3 Å². The van der Waals surface area contributed by atoms with Gasteiger partial charge in [-0.25, -0.2) is 0 Å². The van der Waals surface area contributed by atoms with Crippen LogP contribution in [0.3, 0.4) is 0 Å². The fraction of sp³-hybridized carbons (Fsp3) is 0.316. The second-order valence-corrected chi connectivity index (χ2v) is 7.03. The number of thioether (sulfide) groups is 1. The molecule has 0 atom stereocenters. The SMILES string of the molecule is CNCCC(=O)NCc1ccc(OCCSc2ccc(Cl)cc2)cc1. The van der Waals surface area contributed by atoms with Crippen LogP contribution in [0.2, 0.25) is 5.02 Å². The van der Waals surface area contributed by atoms with Gasteiger partial charge in [0.2, 0.25) is 5.91 Å². The first-order chi connectivity index (χ1) is 12.2. The minimum Gasteiger partial charge on any atom is -0.493 e. The first kappa shape index (κ1) is 19.6. The molecular weight excluding hydrogens is 356 g/mol. The summed E-state index contributed by atoms with van der Waals surface area (Å²) in [5.74, 6) is 1.75. The minimum atomic E-state index is 0.0499. The van der Waals surface area contributed by atoms with Crippen molar-refractivity contribution in [3.8, 4) is 5.75 Å². The van der Waals surface area contributed by atoms with Gasteiger partial charge in [0.25, 0.3) is 0 Å². The Morgan fingerprint density at radius 1 is 1.12 bits per heavy atom. The highest BCUT2D eigenvalue weighted by Crippen LogP contribution is 2.20. The predicted octanol–water partition coefficient (Wildman–Crippen LogP) is 3.74. The van der Waals surface area contributed by atoms with Crippen LogP contribution in [0.4, 0.5) is 0 Å². The zero-order valence-corrected chi connectivity index (χ0v) is 15.8. The standard InChI is InChI=1S/C19H23ClN2O2S/c1-21-11-10-19(23)22-14-15-2-6-17(7-3-15)24-12-13-25-18-8-4-16(20)5-9-18/h2-9,21H,10-14H2,1H3,(H,22,23). The molecule has 1 amide bonds. The molecule has 0 radical (unpaired) electrons. The smallest absolute Gasteiger partial charge is 0.221 e. The van der Waals surface area contributed by atoms with Crippen molar-refractivity contribution in [1.82, 2.24) is 10.6 Å². The number of ether oxygens (including phenoxy) is 1. The number of carbonyl (C=O) groups excluding carboxylic acids is 1. The maximum atomic E-state index is 11.6. The maximum Gasteiger partial charge on any atom is 0.221 e. The summed E-state index contributed by atoms with van der Waals surface area (Å²) in [6, 6.07) is 15.6. The van der Waals surface area contributed by atoms with Crippen LogP contribution in [0.5, 0.6) is 5.75 Å². The largest absolute Gasteiger partial charge is 0.493 e. The molecule has 6 heteroatoms. The van der Waals surface area contributed by atoms with Gasteiger partial charge in [-0.1, -0.05) is 23.7 Å². The predicted molar refractivity (Wildman–Crippen MR) is 105 cm³/mol. The first-order valence-electron chi connectivity index (χ1n) is 8.19. The van der Waals surface area contributed by atoms with Crippen molar-refractivity contribution in [2.75, 3.05) is 26.0 Å². The van der Waals surface area contributed by atoms with E-state index in [-0.39, 0.29) is 5.91 Å². The molecule has 0 bridgehead atoms. The molecule has 134 valence electrons. The Morgan fingerprint density at radius 3 is 2.52 bits per heavy atom. The summed E-state index contributed by atoms with van der Waals surface area (Å²) in [7, 11) is 1.83. The van der Waals surface area contributed by atoms with Gasteiger partial charge in [-0.3, -0.25) is 4.79 Å². The van der Waals surface area contributed by atoms with Gasteiger partial charge in [-0.2, -0.15) is 0 Å². The van der Waals surface area contributed by atoms with E-state index in [0.29, 0.717) is 26.1 Å². The van der Waals surface area contributed by atoms with E-state index in [9.17, 15) is 4.79 Å². The van der Waals surface area contributed by atoms with Crippen molar-refractivity contribution in [2.45, 2.75) is 17.9 Å². The van der Waals surface area contributed by atoms with Crippen LogP contribution in [0.15, 0.2) is 53.4 Å². The van der Waals surface area contributed by atoms with Crippen molar-refractivity contribution in [1.29, 1.82) is 0 Å². The van der Waals surface area contributed by atoms with Gasteiger partial charge in [0, 0.05) is 35.2 Å². The Kier molecular flexibility index (Phi) is 8.66. The Morgan fingerprint density at radius 2 is 1.84 bits per heavy atom. The Labute approximate surface area is 158 Å². The molecule has 0 saturated carbocycles. The Balaban J connectivity index is 1.66. The molecule has 2 rings (SSSR count). The summed E-state index contributed by atoms with van der Waals surface area (Å²) in [4.78, 5) is 12.7. The number of hydrogen-bond donors (Lipinski definition) is 2. The molecule has 0 saturated heterocycles. The molecule has 2 aromatic carbocycles. The number of amides is 1. The molecule has 2 N–H and O–H groups in total. The topological polar surface area (TPSA) is 50.4 Å². The second kappa shape index (κ2) is 11.0. The van der Waals surface area contributed by atoms with Gasteiger partial charge in [0.15, 0.2) is 0 Å². The average Bonchev–Trinajstić information content (AvgIpc) is 2.64. The van der Waals surface area contributed by atoms with Crippen molar-refractivity contribution in [3.63, 3.8) is 0 Å². The molecule has 25 heavy (non-hydrogen) atoms. The van der Waals surface area contributed by atoms with Crippen molar-refractivity contribution >= 4 is 29.3 Å². The third-order valence-electron chi connectivity index (χ3n) is 3.45. The third-order valence-corrected chi connectivity index (χ3v) is 4.68. The van der Waals surface area contributed by atoms with Gasteiger partial charge in [-0.05, 0) is 49.0 Å². The second-order valence-electron chi connectivity index (χ2n) is 5.43. The van der Waals surface area contributed by atoms with Crippen LogP contribution < -0.4 is 15.4 Å². The molecular formula is C19H23ClN2O2S. The highest BCUT2D eigenvalue weighted by molar-refractivity contribution is 7.99. The fourth-order valence-electron chi connectivity index (χ4n) is 2.08. The van der Waals surface area contributed by atoms with E-state index in [2.05, 4.69) is 10.6 Å². The van der Waals surface area contributed by atoms with E-state index < -0.39 is 0 Å². The van der Waals surface area contributed by atoms with Crippen LogP contribution in [0.25, 0.3) is 0 Å². The fourth-order valence-corrected chi connectivity index (χ4v) is 2.94. The van der Waals surface area contributed by atoms with Crippen molar-refractivity contribution < 1.29 is 9.53 Å². The number of benzene rings is 2. The molecule has 0 aromatic heterocycles. The van der Waals surface area contributed by atoms with Gasteiger partial charge < -0.3 is 15.4 Å². The van der Waals surface area contributed by atoms with E-state index >= 15 is 0 Å². The lowest BCUT2D eigenvalue weighted by Gasteiger charge is -2.08. The van der Waals surface area contributed by atoms with Crippen LogP contribution in [0, 0.1) is 0 Å². The Hall–Kier alpha value is -1.69. The number of nitrogens with one attached hydrogen (secondary N) is 2. The zero-order chi connectivity index (χ0) is 17.9. The molecule has 0 heterocycles. The van der Waals surface area contributed by atoms with Gasteiger partial charge in [0.05, 0.1) is 6.61 Å². The Bertz CT molecular complexity index is 647. The lowest BCUT2D eigenvalue weighted by molar-refractivity contribution is -0.121. The number of rotatable bonds is 10. The van der Waals surface area contributed by atoms with Crippen LogP contribution >= 0.6 is 23.4 Å². The molecule has 0 aliphatic heterocycles. The van der Waals surface area contributed by atoms with E-state index in [1.165, 1.54) is 4.90 Å². The van der Waals surface area contributed by atoms with E-state index in [1.54, 1.807) is 11.8 Å².